The van der Waals surface area contributed by atoms with Gasteiger partial charge >= 0.3 is 6.03 Å². The Bertz CT molecular complexity index is 662. The van der Waals surface area contributed by atoms with Crippen LogP contribution < -0.4 is 10.6 Å². The van der Waals surface area contributed by atoms with Gasteiger partial charge in [0.05, 0.1) is 0 Å². The van der Waals surface area contributed by atoms with Gasteiger partial charge in [-0.25, -0.2) is 9.18 Å². The smallest absolute Gasteiger partial charge is 0.315 e. The number of nitrogens with zero attached hydrogens (tertiary/aromatic N) is 2. The summed E-state index contributed by atoms with van der Waals surface area (Å²) in [5.74, 6) is 0.0775. The number of aromatic nitrogens is 2. The van der Waals surface area contributed by atoms with Crippen LogP contribution in [0.2, 0.25) is 0 Å². The summed E-state index contributed by atoms with van der Waals surface area (Å²) >= 11 is 0. The molecule has 0 aliphatic heterocycles. The van der Waals surface area contributed by atoms with Crippen molar-refractivity contribution in [1.29, 1.82) is 0 Å². The monoisotopic (exact) mass is 322 g/mol. The van der Waals surface area contributed by atoms with Gasteiger partial charge in [-0.1, -0.05) is 17.3 Å². The van der Waals surface area contributed by atoms with Crippen molar-refractivity contribution >= 4 is 6.03 Å². The fourth-order valence-electron chi connectivity index (χ4n) is 1.95. The largest absolute Gasteiger partial charge is 0.396 e. The standard InChI is InChI=1S/C15H19FN4O3/c1-9(6-7-21)17-15(22)18-10(2)14-19-13(20-23-14)11-4-3-5-12(16)8-11/h3-5,8-10,21H,6-7H2,1-2H3,(H2,17,18,22)/t9-,10?/m1/s1. The van der Waals surface area contributed by atoms with E-state index in [0.717, 1.165) is 0 Å². The number of rotatable bonds is 6. The minimum atomic E-state index is -0.508. The van der Waals surface area contributed by atoms with Crippen molar-refractivity contribution in [3.63, 3.8) is 0 Å². The van der Waals surface area contributed by atoms with E-state index in [1.54, 1.807) is 26.0 Å². The van der Waals surface area contributed by atoms with Crippen LogP contribution in [-0.2, 0) is 0 Å². The SMILES string of the molecule is CC(NC(=O)N[C@H](C)CCO)c1nc(-c2cccc(F)c2)no1. The minimum absolute atomic E-state index is 0.00233. The topological polar surface area (TPSA) is 100 Å². The molecule has 1 aromatic heterocycles. The molecule has 1 heterocycles. The first kappa shape index (κ1) is 16.9. The number of hydrogen-bond donors (Lipinski definition) is 3. The molecule has 124 valence electrons. The van der Waals surface area contributed by atoms with Gasteiger partial charge in [-0.2, -0.15) is 4.98 Å². The van der Waals surface area contributed by atoms with Crippen molar-refractivity contribution < 1.29 is 18.8 Å². The maximum Gasteiger partial charge on any atom is 0.315 e. The number of amides is 2. The first-order chi connectivity index (χ1) is 11.0. The minimum Gasteiger partial charge on any atom is -0.396 e. The lowest BCUT2D eigenvalue weighted by Crippen LogP contribution is -2.42. The van der Waals surface area contributed by atoms with E-state index >= 15 is 0 Å². The summed E-state index contributed by atoms with van der Waals surface area (Å²) < 4.78 is 18.3. The van der Waals surface area contributed by atoms with Crippen LogP contribution in [0.4, 0.5) is 9.18 Å². The Hall–Kier alpha value is -2.48. The van der Waals surface area contributed by atoms with E-state index in [1.165, 1.54) is 12.1 Å². The lowest BCUT2D eigenvalue weighted by Gasteiger charge is -2.15. The summed E-state index contributed by atoms with van der Waals surface area (Å²) in [5.41, 5.74) is 0.494. The van der Waals surface area contributed by atoms with E-state index in [1.807, 2.05) is 0 Å². The second-order valence-electron chi connectivity index (χ2n) is 5.22. The fourth-order valence-corrected chi connectivity index (χ4v) is 1.95. The van der Waals surface area contributed by atoms with Crippen LogP contribution in [0.3, 0.4) is 0 Å². The maximum absolute atomic E-state index is 13.2. The summed E-state index contributed by atoms with van der Waals surface area (Å²) in [6, 6.07) is 4.79. The molecule has 0 radical (unpaired) electrons. The predicted octanol–water partition coefficient (Wildman–Crippen LogP) is 2.01. The molecule has 2 amide bonds. The number of aliphatic hydroxyl groups is 1. The highest BCUT2D eigenvalue weighted by Crippen LogP contribution is 2.19. The Kier molecular flexibility index (Phi) is 5.64. The zero-order valence-electron chi connectivity index (χ0n) is 12.9. The van der Waals surface area contributed by atoms with Gasteiger partial charge in [0, 0.05) is 18.2 Å². The van der Waals surface area contributed by atoms with E-state index in [-0.39, 0.29) is 24.4 Å². The molecule has 0 saturated carbocycles. The zero-order valence-corrected chi connectivity index (χ0v) is 12.9. The van der Waals surface area contributed by atoms with Gasteiger partial charge in [0.1, 0.15) is 11.9 Å². The number of carbonyl (C=O) groups is 1. The van der Waals surface area contributed by atoms with E-state index in [2.05, 4.69) is 20.8 Å². The number of nitrogens with one attached hydrogen (secondary N) is 2. The van der Waals surface area contributed by atoms with Crippen molar-refractivity contribution in [2.24, 2.45) is 0 Å². The molecule has 0 bridgehead atoms. The molecule has 1 unspecified atom stereocenters. The molecule has 0 fully saturated rings. The Balaban J connectivity index is 1.98. The van der Waals surface area contributed by atoms with Crippen LogP contribution in [0.5, 0.6) is 0 Å². The summed E-state index contributed by atoms with van der Waals surface area (Å²) in [6.07, 6.45) is 0.464. The summed E-state index contributed by atoms with van der Waals surface area (Å²) in [6.45, 7) is 3.48. The quantitative estimate of drug-likeness (QED) is 0.755. The number of hydrogen-bond acceptors (Lipinski definition) is 5. The molecule has 2 rings (SSSR count). The number of urea groups is 1. The van der Waals surface area contributed by atoms with E-state index in [9.17, 15) is 9.18 Å². The summed E-state index contributed by atoms with van der Waals surface area (Å²) in [5, 5.41) is 17.9. The highest BCUT2D eigenvalue weighted by molar-refractivity contribution is 5.74. The second kappa shape index (κ2) is 7.68. The van der Waals surface area contributed by atoms with Gasteiger partial charge in [0.25, 0.3) is 0 Å². The van der Waals surface area contributed by atoms with Gasteiger partial charge in [-0.15, -0.1) is 0 Å². The zero-order chi connectivity index (χ0) is 16.8. The lowest BCUT2D eigenvalue weighted by molar-refractivity contribution is 0.225. The van der Waals surface area contributed by atoms with Crippen LogP contribution in [0.15, 0.2) is 28.8 Å². The summed E-state index contributed by atoms with van der Waals surface area (Å²) in [4.78, 5) is 16.0. The average molecular weight is 322 g/mol. The van der Waals surface area contributed by atoms with Gasteiger partial charge < -0.3 is 20.3 Å². The molecule has 3 N–H and O–H groups in total. The van der Waals surface area contributed by atoms with Gasteiger partial charge in [-0.05, 0) is 32.4 Å². The Morgan fingerprint density at radius 3 is 2.87 bits per heavy atom. The molecule has 2 aromatic rings. The van der Waals surface area contributed by atoms with Crippen molar-refractivity contribution in [3.8, 4) is 11.4 Å². The van der Waals surface area contributed by atoms with Gasteiger partial charge in [0.2, 0.25) is 11.7 Å². The summed E-state index contributed by atoms with van der Waals surface area (Å²) in [7, 11) is 0. The Labute approximate surface area is 132 Å². The third kappa shape index (κ3) is 4.75. The van der Waals surface area contributed by atoms with Crippen molar-refractivity contribution in [1.82, 2.24) is 20.8 Å². The Morgan fingerprint density at radius 1 is 1.39 bits per heavy atom. The number of benzene rings is 1. The van der Waals surface area contributed by atoms with Crippen molar-refractivity contribution in [2.45, 2.75) is 32.4 Å². The number of halogens is 1. The van der Waals surface area contributed by atoms with Crippen molar-refractivity contribution in [3.05, 3.63) is 36.0 Å². The predicted molar refractivity (Wildman–Crippen MR) is 80.9 cm³/mol. The van der Waals surface area contributed by atoms with Gasteiger partial charge in [-0.3, -0.25) is 0 Å². The fraction of sp³-hybridized carbons (Fsp3) is 0.400. The van der Waals surface area contributed by atoms with E-state index in [0.29, 0.717) is 12.0 Å². The lowest BCUT2D eigenvalue weighted by atomic mass is 10.2. The molecule has 0 saturated heterocycles. The van der Waals surface area contributed by atoms with E-state index < -0.39 is 17.9 Å². The highest BCUT2D eigenvalue weighted by Gasteiger charge is 2.18. The molecule has 0 aliphatic rings. The second-order valence-corrected chi connectivity index (χ2v) is 5.22. The number of carbonyl (C=O) groups excluding carboxylic acids is 1. The molecule has 1 aromatic carbocycles. The number of aliphatic hydroxyl groups excluding tert-OH is 1. The molecule has 0 spiro atoms. The molecular weight excluding hydrogens is 303 g/mol. The molecule has 2 atom stereocenters. The van der Waals surface area contributed by atoms with Crippen LogP contribution in [0.25, 0.3) is 11.4 Å². The third-order valence-corrected chi connectivity index (χ3v) is 3.18. The molecule has 8 heteroatoms. The third-order valence-electron chi connectivity index (χ3n) is 3.18. The molecule has 23 heavy (non-hydrogen) atoms. The normalized spacial score (nSPS) is 13.4. The first-order valence-corrected chi connectivity index (χ1v) is 7.27. The van der Waals surface area contributed by atoms with Crippen LogP contribution in [0, 0.1) is 5.82 Å². The first-order valence-electron chi connectivity index (χ1n) is 7.27. The molecule has 7 nitrogen and oxygen atoms in total. The average Bonchev–Trinajstić information content (AvgIpc) is 2.97. The van der Waals surface area contributed by atoms with Crippen LogP contribution in [0.1, 0.15) is 32.2 Å². The van der Waals surface area contributed by atoms with Crippen molar-refractivity contribution in [2.75, 3.05) is 6.61 Å². The van der Waals surface area contributed by atoms with Crippen LogP contribution >= 0.6 is 0 Å². The van der Waals surface area contributed by atoms with E-state index in [4.69, 9.17) is 9.63 Å². The molecule has 0 aliphatic carbocycles. The molecular formula is C15H19FN4O3. The van der Waals surface area contributed by atoms with Gasteiger partial charge in [0.15, 0.2) is 0 Å². The van der Waals surface area contributed by atoms with Crippen LogP contribution in [-0.4, -0.2) is 33.9 Å². The highest BCUT2D eigenvalue weighted by atomic mass is 19.1. The maximum atomic E-state index is 13.2. The Morgan fingerprint density at radius 2 is 2.17 bits per heavy atom.